The number of nitrogens with zero attached hydrogens (tertiary/aromatic N) is 1. The van der Waals surface area contributed by atoms with E-state index < -0.39 is 11.9 Å². The summed E-state index contributed by atoms with van der Waals surface area (Å²) >= 11 is 5.81. The lowest BCUT2D eigenvalue weighted by molar-refractivity contribution is -0.119. The first kappa shape index (κ1) is 15.0. The number of primary amides is 1. The molecule has 0 unspecified atom stereocenters. The Labute approximate surface area is 127 Å². The minimum atomic E-state index is -0.785. The van der Waals surface area contributed by atoms with E-state index in [0.29, 0.717) is 17.0 Å². The van der Waals surface area contributed by atoms with Gasteiger partial charge in [-0.25, -0.2) is 0 Å². The highest BCUT2D eigenvalue weighted by Gasteiger charge is 2.19. The quantitative estimate of drug-likeness (QED) is 0.879. The molecule has 1 heterocycles. The Morgan fingerprint density at radius 1 is 1.14 bits per heavy atom. The molecule has 0 bridgehead atoms. The van der Waals surface area contributed by atoms with Crippen molar-refractivity contribution in [2.24, 2.45) is 5.73 Å². The monoisotopic (exact) mass is 303 g/mol. The van der Waals surface area contributed by atoms with E-state index in [9.17, 15) is 9.59 Å². The molecular formula is C15H14ClN3O2. The molecule has 3 N–H and O–H groups in total. The number of hydrogen-bond donors (Lipinski definition) is 2. The molecule has 1 atom stereocenters. The van der Waals surface area contributed by atoms with Gasteiger partial charge in [-0.15, -0.1) is 0 Å². The number of nitrogens with one attached hydrogen (secondary N) is 1. The van der Waals surface area contributed by atoms with Gasteiger partial charge >= 0.3 is 0 Å². The summed E-state index contributed by atoms with van der Waals surface area (Å²) in [6.45, 7) is 0. The molecule has 1 aromatic carbocycles. The van der Waals surface area contributed by atoms with Crippen LogP contribution in [-0.4, -0.2) is 22.8 Å². The lowest BCUT2D eigenvalue weighted by atomic mass is 10.1. The van der Waals surface area contributed by atoms with Gasteiger partial charge < -0.3 is 11.1 Å². The standard InChI is InChI=1S/C15H14ClN3O2/c16-12-3-1-10(2-4-12)9-13(14(17)20)19-15(21)11-5-7-18-8-6-11/h1-8,13H,9H2,(H2,17,20)(H,19,21)/t13-/m1/s1. The highest BCUT2D eigenvalue weighted by atomic mass is 35.5. The molecule has 0 aliphatic rings. The van der Waals surface area contributed by atoms with Crippen molar-refractivity contribution in [3.8, 4) is 0 Å². The van der Waals surface area contributed by atoms with Crippen molar-refractivity contribution < 1.29 is 9.59 Å². The van der Waals surface area contributed by atoms with Crippen molar-refractivity contribution >= 4 is 23.4 Å². The molecule has 108 valence electrons. The van der Waals surface area contributed by atoms with E-state index in [1.54, 1.807) is 36.4 Å². The summed E-state index contributed by atoms with van der Waals surface area (Å²) in [5.74, 6) is -0.956. The molecule has 21 heavy (non-hydrogen) atoms. The number of halogens is 1. The van der Waals surface area contributed by atoms with Crippen molar-refractivity contribution in [3.63, 3.8) is 0 Å². The minimum absolute atomic E-state index is 0.309. The van der Waals surface area contributed by atoms with E-state index in [1.807, 2.05) is 0 Å². The van der Waals surface area contributed by atoms with Crippen molar-refractivity contribution in [1.29, 1.82) is 0 Å². The second-order valence-electron chi connectivity index (χ2n) is 4.49. The average Bonchev–Trinajstić information content (AvgIpc) is 2.49. The van der Waals surface area contributed by atoms with Crippen LogP contribution in [0.4, 0.5) is 0 Å². The van der Waals surface area contributed by atoms with Gasteiger partial charge in [0.05, 0.1) is 0 Å². The zero-order valence-corrected chi connectivity index (χ0v) is 11.9. The minimum Gasteiger partial charge on any atom is -0.368 e. The van der Waals surface area contributed by atoms with Crippen molar-refractivity contribution in [2.75, 3.05) is 0 Å². The second kappa shape index (κ2) is 6.85. The number of carbonyl (C=O) groups excluding carboxylic acids is 2. The van der Waals surface area contributed by atoms with Crippen LogP contribution in [0.3, 0.4) is 0 Å². The average molecular weight is 304 g/mol. The van der Waals surface area contributed by atoms with Gasteiger partial charge in [-0.1, -0.05) is 23.7 Å². The number of hydrogen-bond acceptors (Lipinski definition) is 3. The van der Waals surface area contributed by atoms with Crippen LogP contribution in [0.15, 0.2) is 48.8 Å². The highest BCUT2D eigenvalue weighted by molar-refractivity contribution is 6.30. The molecule has 2 amide bonds. The first-order chi connectivity index (χ1) is 10.1. The van der Waals surface area contributed by atoms with Gasteiger partial charge in [0, 0.05) is 29.4 Å². The molecule has 0 radical (unpaired) electrons. The predicted molar refractivity (Wildman–Crippen MR) is 79.8 cm³/mol. The fourth-order valence-electron chi connectivity index (χ4n) is 1.82. The number of nitrogens with two attached hydrogens (primary N) is 1. The molecule has 0 fully saturated rings. The Morgan fingerprint density at radius 2 is 1.76 bits per heavy atom. The van der Waals surface area contributed by atoms with E-state index in [-0.39, 0.29) is 5.91 Å². The first-order valence-corrected chi connectivity index (χ1v) is 6.68. The SMILES string of the molecule is NC(=O)[C@@H](Cc1ccc(Cl)cc1)NC(=O)c1ccncc1. The number of amides is 2. The Morgan fingerprint density at radius 3 is 2.33 bits per heavy atom. The first-order valence-electron chi connectivity index (χ1n) is 6.31. The normalized spacial score (nSPS) is 11.7. The van der Waals surface area contributed by atoms with Gasteiger partial charge in [0.2, 0.25) is 5.91 Å². The predicted octanol–water partition coefficient (Wildman–Crippen LogP) is 1.56. The molecule has 0 aliphatic heterocycles. The fraction of sp³-hybridized carbons (Fsp3) is 0.133. The topological polar surface area (TPSA) is 85.1 Å². The molecule has 0 aliphatic carbocycles. The Kier molecular flexibility index (Phi) is 4.90. The third kappa shape index (κ3) is 4.29. The number of rotatable bonds is 5. The highest BCUT2D eigenvalue weighted by Crippen LogP contribution is 2.11. The molecule has 0 spiro atoms. The molecule has 2 rings (SSSR count). The molecule has 0 saturated carbocycles. The fourth-order valence-corrected chi connectivity index (χ4v) is 1.95. The van der Waals surface area contributed by atoms with Gasteiger partial charge in [0.15, 0.2) is 0 Å². The van der Waals surface area contributed by atoms with Crippen molar-refractivity contribution in [3.05, 3.63) is 64.9 Å². The van der Waals surface area contributed by atoms with E-state index in [4.69, 9.17) is 17.3 Å². The van der Waals surface area contributed by atoms with Gasteiger partial charge in [-0.05, 0) is 29.8 Å². The van der Waals surface area contributed by atoms with Crippen LogP contribution >= 0.6 is 11.6 Å². The maximum absolute atomic E-state index is 12.0. The summed E-state index contributed by atoms with van der Waals surface area (Å²) in [6, 6.07) is 9.37. The summed E-state index contributed by atoms with van der Waals surface area (Å²) < 4.78 is 0. The van der Waals surface area contributed by atoms with E-state index >= 15 is 0 Å². The van der Waals surface area contributed by atoms with E-state index in [2.05, 4.69) is 10.3 Å². The number of aromatic nitrogens is 1. The third-order valence-corrected chi connectivity index (χ3v) is 3.20. The van der Waals surface area contributed by atoms with Gasteiger partial charge in [0.1, 0.15) is 6.04 Å². The number of carbonyl (C=O) groups is 2. The van der Waals surface area contributed by atoms with Crippen LogP contribution in [0.5, 0.6) is 0 Å². The van der Waals surface area contributed by atoms with Crippen LogP contribution in [-0.2, 0) is 11.2 Å². The summed E-state index contributed by atoms with van der Waals surface area (Å²) in [5, 5.41) is 3.23. The van der Waals surface area contributed by atoms with Crippen LogP contribution in [0.2, 0.25) is 5.02 Å². The Balaban J connectivity index is 2.07. The summed E-state index contributed by atoms with van der Waals surface area (Å²) in [4.78, 5) is 27.4. The lowest BCUT2D eigenvalue weighted by Gasteiger charge is -2.15. The van der Waals surface area contributed by atoms with E-state index in [0.717, 1.165) is 5.56 Å². The molecule has 0 saturated heterocycles. The third-order valence-electron chi connectivity index (χ3n) is 2.94. The lowest BCUT2D eigenvalue weighted by Crippen LogP contribution is -2.45. The molecular weight excluding hydrogens is 290 g/mol. The van der Waals surface area contributed by atoms with Gasteiger partial charge in [0.25, 0.3) is 5.91 Å². The molecule has 6 heteroatoms. The summed E-state index contributed by atoms with van der Waals surface area (Å²) in [6.07, 6.45) is 3.32. The Bertz CT molecular complexity index is 629. The maximum Gasteiger partial charge on any atom is 0.252 e. The van der Waals surface area contributed by atoms with Gasteiger partial charge in [-0.2, -0.15) is 0 Å². The Hall–Kier alpha value is -2.40. The van der Waals surface area contributed by atoms with Crippen LogP contribution in [0.25, 0.3) is 0 Å². The van der Waals surface area contributed by atoms with Crippen LogP contribution < -0.4 is 11.1 Å². The zero-order valence-electron chi connectivity index (χ0n) is 11.1. The van der Waals surface area contributed by atoms with Crippen molar-refractivity contribution in [1.82, 2.24) is 10.3 Å². The maximum atomic E-state index is 12.0. The van der Waals surface area contributed by atoms with Crippen LogP contribution in [0.1, 0.15) is 15.9 Å². The van der Waals surface area contributed by atoms with Gasteiger partial charge in [-0.3, -0.25) is 14.6 Å². The second-order valence-corrected chi connectivity index (χ2v) is 4.93. The summed E-state index contributed by atoms with van der Waals surface area (Å²) in [7, 11) is 0. The van der Waals surface area contributed by atoms with E-state index in [1.165, 1.54) is 12.4 Å². The smallest absolute Gasteiger partial charge is 0.252 e. The number of benzene rings is 1. The largest absolute Gasteiger partial charge is 0.368 e. The molecule has 2 aromatic rings. The van der Waals surface area contributed by atoms with Crippen molar-refractivity contribution in [2.45, 2.75) is 12.5 Å². The summed E-state index contributed by atoms with van der Waals surface area (Å²) in [5.41, 5.74) is 6.63. The number of pyridine rings is 1. The molecule has 5 nitrogen and oxygen atoms in total. The van der Waals surface area contributed by atoms with Crippen LogP contribution in [0, 0.1) is 0 Å². The zero-order chi connectivity index (χ0) is 15.2. The molecule has 1 aromatic heterocycles.